The molecule has 8 heteroatoms. The summed E-state index contributed by atoms with van der Waals surface area (Å²) in [4.78, 5) is 17.5. The first-order chi connectivity index (χ1) is 9.52. The Balaban J connectivity index is 2.10. The van der Waals surface area contributed by atoms with Crippen molar-refractivity contribution in [1.82, 2.24) is 9.88 Å². The Morgan fingerprint density at radius 3 is 2.55 bits per heavy atom. The van der Waals surface area contributed by atoms with Gasteiger partial charge in [0.15, 0.2) is 23.3 Å². The number of halogens is 2. The average Bonchev–Trinajstić information content (AvgIpc) is 2.94. The quantitative estimate of drug-likeness (QED) is 0.569. The Hall–Kier alpha value is -1.96. The van der Waals surface area contributed by atoms with Crippen molar-refractivity contribution in [3.63, 3.8) is 0 Å². The number of anilines is 2. The minimum atomic E-state index is -0.894. The molecule has 0 aromatic carbocycles. The van der Waals surface area contributed by atoms with Crippen LogP contribution in [0.15, 0.2) is 6.07 Å². The summed E-state index contributed by atoms with van der Waals surface area (Å²) >= 11 is 0. The van der Waals surface area contributed by atoms with Crippen LogP contribution in [0.4, 0.5) is 20.4 Å². The topological polar surface area (TPSA) is 83.3 Å². The fourth-order valence-corrected chi connectivity index (χ4v) is 2.15. The molecule has 0 saturated carbocycles. The minimum Gasteiger partial charge on any atom is -0.356 e. The van der Waals surface area contributed by atoms with E-state index in [0.29, 0.717) is 19.2 Å². The minimum absolute atomic E-state index is 0.129. The summed E-state index contributed by atoms with van der Waals surface area (Å²) in [7, 11) is 0. The molecule has 1 atom stereocenters. The van der Waals surface area contributed by atoms with Crippen molar-refractivity contribution >= 4 is 17.5 Å². The monoisotopic (exact) mass is 285 g/mol. The van der Waals surface area contributed by atoms with Crippen LogP contribution in [-0.4, -0.2) is 34.9 Å². The summed E-state index contributed by atoms with van der Waals surface area (Å²) in [5.74, 6) is 2.69. The smallest absolute Gasteiger partial charge is 0.244 e. The second kappa shape index (κ2) is 6.00. The molecule has 2 rings (SSSR count). The van der Waals surface area contributed by atoms with Gasteiger partial charge in [-0.15, -0.1) is 0 Å². The third-order valence-electron chi connectivity index (χ3n) is 3.21. The highest BCUT2D eigenvalue weighted by molar-refractivity contribution is 5.84. The van der Waals surface area contributed by atoms with Crippen LogP contribution in [0.3, 0.4) is 0 Å². The first kappa shape index (κ1) is 14.4. The van der Waals surface area contributed by atoms with Gasteiger partial charge in [-0.3, -0.25) is 4.79 Å². The van der Waals surface area contributed by atoms with Crippen molar-refractivity contribution in [1.29, 1.82) is 0 Å². The molecule has 0 bridgehead atoms. The third kappa shape index (κ3) is 2.96. The molecule has 0 aliphatic carbocycles. The van der Waals surface area contributed by atoms with E-state index in [1.807, 2.05) is 5.43 Å². The lowest BCUT2D eigenvalue weighted by Gasteiger charge is -2.21. The zero-order chi connectivity index (χ0) is 14.7. The van der Waals surface area contributed by atoms with Crippen molar-refractivity contribution in [2.75, 3.05) is 23.8 Å². The van der Waals surface area contributed by atoms with E-state index in [1.165, 1.54) is 0 Å². The fourth-order valence-electron chi connectivity index (χ4n) is 2.15. The SMILES string of the molecule is CC(Nc1nc(NN)c(F)cc1F)C(=O)N1CCCC1. The molecular weight excluding hydrogens is 268 g/mol. The largest absolute Gasteiger partial charge is 0.356 e. The number of nitrogens with one attached hydrogen (secondary N) is 2. The molecular formula is C12H17F2N5O. The van der Waals surface area contributed by atoms with Gasteiger partial charge in [0.05, 0.1) is 0 Å². The molecule has 1 unspecified atom stereocenters. The molecule has 0 radical (unpaired) electrons. The Morgan fingerprint density at radius 2 is 1.95 bits per heavy atom. The van der Waals surface area contributed by atoms with Gasteiger partial charge in [-0.2, -0.15) is 0 Å². The van der Waals surface area contributed by atoms with Crippen LogP contribution in [0.1, 0.15) is 19.8 Å². The van der Waals surface area contributed by atoms with Crippen molar-refractivity contribution in [3.05, 3.63) is 17.7 Å². The predicted octanol–water partition coefficient (Wildman–Crippen LogP) is 1.07. The molecule has 2 heterocycles. The zero-order valence-corrected chi connectivity index (χ0v) is 11.1. The lowest BCUT2D eigenvalue weighted by molar-refractivity contribution is -0.130. The van der Waals surface area contributed by atoms with Crippen molar-refractivity contribution in [3.8, 4) is 0 Å². The van der Waals surface area contributed by atoms with Gasteiger partial charge in [0.1, 0.15) is 6.04 Å². The molecule has 1 saturated heterocycles. The van der Waals surface area contributed by atoms with E-state index in [0.717, 1.165) is 12.8 Å². The number of nitrogens with zero attached hydrogens (tertiary/aromatic N) is 2. The maximum atomic E-state index is 13.6. The van der Waals surface area contributed by atoms with Gasteiger partial charge in [-0.1, -0.05) is 0 Å². The molecule has 0 spiro atoms. The van der Waals surface area contributed by atoms with Gasteiger partial charge >= 0.3 is 0 Å². The van der Waals surface area contributed by atoms with Crippen LogP contribution in [0.5, 0.6) is 0 Å². The summed E-state index contributed by atoms with van der Waals surface area (Å²) in [6.07, 6.45) is 1.95. The second-order valence-electron chi connectivity index (χ2n) is 4.69. The number of pyridine rings is 1. The van der Waals surface area contributed by atoms with Gasteiger partial charge in [-0.05, 0) is 19.8 Å². The molecule has 1 aromatic rings. The number of nitrogens with two attached hydrogens (primary N) is 1. The molecule has 110 valence electrons. The highest BCUT2D eigenvalue weighted by Crippen LogP contribution is 2.19. The molecule has 1 aliphatic heterocycles. The fraction of sp³-hybridized carbons (Fsp3) is 0.500. The van der Waals surface area contributed by atoms with Gasteiger partial charge in [0, 0.05) is 19.2 Å². The summed E-state index contributed by atoms with van der Waals surface area (Å²) in [5, 5.41) is 2.65. The molecule has 1 aliphatic rings. The molecule has 20 heavy (non-hydrogen) atoms. The highest BCUT2D eigenvalue weighted by atomic mass is 19.1. The van der Waals surface area contributed by atoms with Crippen LogP contribution in [0, 0.1) is 11.6 Å². The van der Waals surface area contributed by atoms with Crippen LogP contribution >= 0.6 is 0 Å². The number of rotatable bonds is 4. The van der Waals surface area contributed by atoms with Crippen LogP contribution in [-0.2, 0) is 4.79 Å². The van der Waals surface area contributed by atoms with Gasteiger partial charge in [-0.25, -0.2) is 19.6 Å². The maximum Gasteiger partial charge on any atom is 0.244 e. The van der Waals surface area contributed by atoms with E-state index < -0.39 is 17.7 Å². The van der Waals surface area contributed by atoms with Crippen molar-refractivity contribution in [2.45, 2.75) is 25.8 Å². The number of likely N-dealkylation sites (tertiary alicyclic amines) is 1. The van der Waals surface area contributed by atoms with Crippen LogP contribution in [0.2, 0.25) is 0 Å². The molecule has 1 amide bonds. The Labute approximate surface area is 115 Å². The van der Waals surface area contributed by atoms with Crippen molar-refractivity contribution in [2.24, 2.45) is 5.84 Å². The molecule has 4 N–H and O–H groups in total. The number of carbonyl (C=O) groups excluding carboxylic acids is 1. The van der Waals surface area contributed by atoms with E-state index >= 15 is 0 Å². The van der Waals surface area contributed by atoms with E-state index in [-0.39, 0.29) is 17.5 Å². The highest BCUT2D eigenvalue weighted by Gasteiger charge is 2.24. The van der Waals surface area contributed by atoms with E-state index in [9.17, 15) is 13.6 Å². The van der Waals surface area contributed by atoms with E-state index in [1.54, 1.807) is 11.8 Å². The standard InChI is InChI=1S/C12H17F2N5O/c1-7(12(20)19-4-2-3-5-19)16-10-8(13)6-9(14)11(17-10)18-15/h6-7H,2-5,15H2,1H3,(H2,16,17,18). The second-order valence-corrected chi connectivity index (χ2v) is 4.69. The average molecular weight is 285 g/mol. The molecule has 1 fully saturated rings. The molecule has 1 aromatic heterocycles. The van der Waals surface area contributed by atoms with Gasteiger partial charge < -0.3 is 15.6 Å². The summed E-state index contributed by atoms with van der Waals surface area (Å²) in [6.45, 7) is 3.03. The molecule has 6 nitrogen and oxygen atoms in total. The Morgan fingerprint density at radius 1 is 1.35 bits per heavy atom. The number of hydrogen-bond donors (Lipinski definition) is 3. The van der Waals surface area contributed by atoms with Crippen LogP contribution < -0.4 is 16.6 Å². The summed E-state index contributed by atoms with van der Waals surface area (Å²) in [5.41, 5.74) is 2.03. The summed E-state index contributed by atoms with van der Waals surface area (Å²) < 4.78 is 26.8. The van der Waals surface area contributed by atoms with Gasteiger partial charge in [0.2, 0.25) is 5.91 Å². The van der Waals surface area contributed by atoms with Gasteiger partial charge in [0.25, 0.3) is 0 Å². The van der Waals surface area contributed by atoms with Crippen LogP contribution in [0.25, 0.3) is 0 Å². The number of amides is 1. The van der Waals surface area contributed by atoms with E-state index in [2.05, 4.69) is 10.3 Å². The van der Waals surface area contributed by atoms with E-state index in [4.69, 9.17) is 5.84 Å². The number of hydrogen-bond acceptors (Lipinski definition) is 5. The Bertz CT molecular complexity index is 505. The number of nitrogen functional groups attached to an aromatic ring is 1. The predicted molar refractivity (Wildman–Crippen MR) is 70.9 cm³/mol. The zero-order valence-electron chi connectivity index (χ0n) is 11.1. The Kier molecular flexibility index (Phi) is 4.33. The third-order valence-corrected chi connectivity index (χ3v) is 3.21. The maximum absolute atomic E-state index is 13.6. The lowest BCUT2D eigenvalue weighted by Crippen LogP contribution is -2.40. The number of aromatic nitrogens is 1. The first-order valence-electron chi connectivity index (χ1n) is 6.41. The normalized spacial score (nSPS) is 16.1. The first-order valence-corrected chi connectivity index (χ1v) is 6.41. The lowest BCUT2D eigenvalue weighted by atomic mass is 10.3. The summed E-state index contributed by atoms with van der Waals surface area (Å²) in [6, 6.07) is 0.0172. The number of carbonyl (C=O) groups is 1. The number of hydrazine groups is 1. The van der Waals surface area contributed by atoms with Crippen molar-refractivity contribution < 1.29 is 13.6 Å².